The van der Waals surface area contributed by atoms with Crippen molar-refractivity contribution in [2.75, 3.05) is 0 Å². The van der Waals surface area contributed by atoms with Gasteiger partial charge >= 0.3 is 0 Å². The lowest BCUT2D eigenvalue weighted by Crippen LogP contribution is -2.34. The number of nitrogens with zero attached hydrogens (tertiary/aromatic N) is 4. The maximum Gasteiger partial charge on any atom is 0.252 e. The summed E-state index contributed by atoms with van der Waals surface area (Å²) in [7, 11) is 0. The Kier molecular flexibility index (Phi) is 6.99. The second kappa shape index (κ2) is 9.65. The van der Waals surface area contributed by atoms with Gasteiger partial charge in [-0.2, -0.15) is 16.6 Å². The van der Waals surface area contributed by atoms with Crippen molar-refractivity contribution in [2.45, 2.75) is 70.4 Å². The van der Waals surface area contributed by atoms with Crippen molar-refractivity contribution in [2.24, 2.45) is 5.92 Å². The molecule has 2 aromatic heterocycles. The molecule has 2 atom stereocenters. The minimum Gasteiger partial charge on any atom is -0.343 e. The van der Waals surface area contributed by atoms with Crippen molar-refractivity contribution in [3.05, 3.63) is 34.3 Å². The fourth-order valence-electron chi connectivity index (χ4n) is 3.76. The third kappa shape index (κ3) is 4.95. The molecule has 27 heavy (non-hydrogen) atoms. The van der Waals surface area contributed by atoms with Crippen LogP contribution in [-0.4, -0.2) is 20.9 Å². The number of hydrogen-bond acceptors (Lipinski definition) is 5. The zero-order valence-corrected chi connectivity index (χ0v) is 16.6. The third-order valence-corrected chi connectivity index (χ3v) is 6.02. The summed E-state index contributed by atoms with van der Waals surface area (Å²) >= 11 is 1.52. The minimum atomic E-state index is -0.300. The highest BCUT2D eigenvalue weighted by Crippen LogP contribution is 2.34. The molecule has 2 heterocycles. The Morgan fingerprint density at radius 3 is 2.93 bits per heavy atom. The van der Waals surface area contributed by atoms with E-state index in [2.05, 4.69) is 28.6 Å². The van der Waals surface area contributed by atoms with Crippen molar-refractivity contribution in [3.63, 3.8) is 0 Å². The summed E-state index contributed by atoms with van der Waals surface area (Å²) in [5.74, 6) is 0.298. The molecule has 3 rings (SSSR count). The number of hydrogen-bond donors (Lipinski definition) is 1. The topological polar surface area (TPSA) is 83.6 Å². The van der Waals surface area contributed by atoms with E-state index in [1.807, 2.05) is 23.0 Å². The maximum absolute atomic E-state index is 12.7. The first-order valence-corrected chi connectivity index (χ1v) is 10.8. The number of aromatic nitrogens is 3. The molecule has 2 unspecified atom stereocenters. The number of thiophene rings is 1. The van der Waals surface area contributed by atoms with E-state index in [1.165, 1.54) is 30.6 Å². The smallest absolute Gasteiger partial charge is 0.252 e. The number of carbonyl (C=O) groups excluding carboxylic acids is 1. The molecule has 6 nitrogen and oxygen atoms in total. The van der Waals surface area contributed by atoms with E-state index in [1.54, 1.807) is 4.68 Å². The van der Waals surface area contributed by atoms with Gasteiger partial charge in [0.25, 0.3) is 5.91 Å². The molecular weight excluding hydrogens is 358 g/mol. The van der Waals surface area contributed by atoms with Crippen molar-refractivity contribution in [1.29, 1.82) is 5.26 Å². The zero-order valence-electron chi connectivity index (χ0n) is 15.8. The number of nitrogens with one attached hydrogen (secondary N) is 1. The van der Waals surface area contributed by atoms with Crippen molar-refractivity contribution < 1.29 is 4.79 Å². The van der Waals surface area contributed by atoms with Crippen molar-refractivity contribution in [1.82, 2.24) is 20.3 Å². The van der Waals surface area contributed by atoms with Crippen LogP contribution in [-0.2, 0) is 0 Å². The minimum absolute atomic E-state index is 0.0656. The summed E-state index contributed by atoms with van der Waals surface area (Å²) in [4.78, 5) is 12.7. The predicted octanol–water partition coefficient (Wildman–Crippen LogP) is 4.65. The van der Waals surface area contributed by atoms with Gasteiger partial charge in [-0.1, -0.05) is 44.2 Å². The molecule has 144 valence electrons. The van der Waals surface area contributed by atoms with Crippen LogP contribution in [0.3, 0.4) is 0 Å². The molecular formula is C20H27N5OS. The number of nitriles is 1. The lowest BCUT2D eigenvalue weighted by Gasteiger charge is -2.29. The van der Waals surface area contributed by atoms with Gasteiger partial charge in [-0.3, -0.25) is 4.79 Å². The average Bonchev–Trinajstić information content (AvgIpc) is 3.40. The zero-order chi connectivity index (χ0) is 19.1. The van der Waals surface area contributed by atoms with Crippen LogP contribution in [0, 0.1) is 17.2 Å². The molecule has 0 radical (unpaired) electrons. The van der Waals surface area contributed by atoms with Crippen LogP contribution < -0.4 is 5.32 Å². The molecule has 1 saturated carbocycles. The van der Waals surface area contributed by atoms with Crippen LogP contribution in [0.1, 0.15) is 86.4 Å². The molecule has 7 heteroatoms. The van der Waals surface area contributed by atoms with Gasteiger partial charge in [0.1, 0.15) is 11.7 Å². The van der Waals surface area contributed by atoms with Crippen LogP contribution in [0.4, 0.5) is 0 Å². The normalized spacial score (nSPS) is 17.2. The molecule has 1 fully saturated rings. The van der Waals surface area contributed by atoms with Gasteiger partial charge in [-0.15, -0.1) is 5.10 Å². The molecule has 1 N–H and O–H groups in total. The SMILES string of the molecule is CCCCC(C#N)n1cc(C(NC(=O)c2ccsc2)C2CCCCC2)nn1. The predicted molar refractivity (Wildman–Crippen MR) is 105 cm³/mol. The van der Waals surface area contributed by atoms with Gasteiger partial charge in [0.05, 0.1) is 23.9 Å². The third-order valence-electron chi connectivity index (χ3n) is 5.34. The van der Waals surface area contributed by atoms with Crippen LogP contribution >= 0.6 is 11.3 Å². The first-order valence-electron chi connectivity index (χ1n) is 9.87. The largest absolute Gasteiger partial charge is 0.343 e. The molecule has 1 aliphatic rings. The Bertz CT molecular complexity index is 758. The fraction of sp³-hybridized carbons (Fsp3) is 0.600. The number of carbonyl (C=O) groups is 1. The van der Waals surface area contributed by atoms with E-state index in [0.29, 0.717) is 11.5 Å². The number of rotatable bonds is 8. The number of unbranched alkanes of at least 4 members (excludes halogenated alkanes) is 1. The molecule has 1 amide bonds. The highest BCUT2D eigenvalue weighted by molar-refractivity contribution is 7.08. The van der Waals surface area contributed by atoms with E-state index in [4.69, 9.17) is 0 Å². The Balaban J connectivity index is 1.80. The summed E-state index contributed by atoms with van der Waals surface area (Å²) in [5, 5.41) is 25.0. The first-order chi connectivity index (χ1) is 13.2. The van der Waals surface area contributed by atoms with Gasteiger partial charge in [0.15, 0.2) is 0 Å². The van der Waals surface area contributed by atoms with Gasteiger partial charge in [-0.25, -0.2) is 4.68 Å². The number of amides is 1. The van der Waals surface area contributed by atoms with E-state index >= 15 is 0 Å². The lowest BCUT2D eigenvalue weighted by molar-refractivity contribution is 0.0911. The Hall–Kier alpha value is -2.20. The molecule has 0 saturated heterocycles. The molecule has 1 aliphatic carbocycles. The second-order valence-electron chi connectivity index (χ2n) is 7.27. The van der Waals surface area contributed by atoms with Crippen molar-refractivity contribution in [3.8, 4) is 6.07 Å². The Morgan fingerprint density at radius 1 is 1.44 bits per heavy atom. The molecule has 0 aromatic carbocycles. The van der Waals surface area contributed by atoms with Gasteiger partial charge < -0.3 is 5.32 Å². The highest BCUT2D eigenvalue weighted by Gasteiger charge is 2.29. The molecule has 0 aliphatic heterocycles. The van der Waals surface area contributed by atoms with Crippen LogP contribution in [0.15, 0.2) is 23.0 Å². The highest BCUT2D eigenvalue weighted by atomic mass is 32.1. The van der Waals surface area contributed by atoms with Gasteiger partial charge in [0.2, 0.25) is 0 Å². The van der Waals surface area contributed by atoms with Crippen LogP contribution in [0.2, 0.25) is 0 Å². The van der Waals surface area contributed by atoms with Crippen LogP contribution in [0.25, 0.3) is 0 Å². The Morgan fingerprint density at radius 2 is 2.26 bits per heavy atom. The van der Waals surface area contributed by atoms with Crippen LogP contribution in [0.5, 0.6) is 0 Å². The second-order valence-corrected chi connectivity index (χ2v) is 8.05. The van der Waals surface area contributed by atoms with E-state index in [-0.39, 0.29) is 18.0 Å². The monoisotopic (exact) mass is 385 g/mol. The lowest BCUT2D eigenvalue weighted by atomic mass is 9.82. The maximum atomic E-state index is 12.7. The first kappa shape index (κ1) is 19.6. The summed E-state index contributed by atoms with van der Waals surface area (Å²) < 4.78 is 1.66. The summed E-state index contributed by atoms with van der Waals surface area (Å²) in [6.45, 7) is 2.11. The van der Waals surface area contributed by atoms with Gasteiger partial charge in [-0.05, 0) is 36.6 Å². The molecule has 2 aromatic rings. The fourth-order valence-corrected chi connectivity index (χ4v) is 4.39. The summed E-state index contributed by atoms with van der Waals surface area (Å²) in [6.07, 6.45) is 10.4. The molecule has 0 spiro atoms. The van der Waals surface area contributed by atoms with Crippen molar-refractivity contribution >= 4 is 17.2 Å². The molecule has 0 bridgehead atoms. The quantitative estimate of drug-likeness (QED) is 0.717. The van der Waals surface area contributed by atoms with E-state index in [9.17, 15) is 10.1 Å². The Labute approximate surface area is 164 Å². The van der Waals surface area contributed by atoms with Gasteiger partial charge in [0, 0.05) is 5.38 Å². The van der Waals surface area contributed by atoms with E-state index < -0.39 is 0 Å². The summed E-state index contributed by atoms with van der Waals surface area (Å²) in [5.41, 5.74) is 1.45. The average molecular weight is 386 g/mol. The standard InChI is InChI=1S/C20H27N5OS/c1-2-3-9-17(12-21)25-13-18(23-24-25)19(15-7-5-4-6-8-15)22-20(26)16-10-11-27-14-16/h10-11,13-15,17,19H,2-9H2,1H3,(H,22,26). The summed E-state index contributed by atoms with van der Waals surface area (Å²) in [6, 6.07) is 3.71. The van der Waals surface area contributed by atoms with E-state index in [0.717, 1.165) is 37.8 Å².